The Morgan fingerprint density at radius 3 is 2.55 bits per heavy atom. The molecule has 0 bridgehead atoms. The summed E-state index contributed by atoms with van der Waals surface area (Å²) >= 11 is 0. The summed E-state index contributed by atoms with van der Waals surface area (Å²) in [6.45, 7) is 4.53. The minimum absolute atomic E-state index is 0. The van der Waals surface area contributed by atoms with Crippen LogP contribution in [0.1, 0.15) is 6.42 Å². The Labute approximate surface area is 113 Å². The van der Waals surface area contributed by atoms with E-state index in [1.54, 1.807) is 0 Å². The summed E-state index contributed by atoms with van der Waals surface area (Å²) in [5, 5.41) is 3.18. The van der Waals surface area contributed by atoms with Crippen LogP contribution in [0, 0.1) is 0 Å². The molecule has 5 heteroatoms. The fourth-order valence-corrected chi connectivity index (χ4v) is 1.54. The molecular weight excluding hydrogens is 183 g/mol. The van der Waals surface area contributed by atoms with E-state index in [0.717, 1.165) is 25.6 Å². The van der Waals surface area contributed by atoms with Gasteiger partial charge >= 0.3 is 0 Å². The van der Waals surface area contributed by atoms with Gasteiger partial charge in [-0.15, -0.1) is 0 Å². The van der Waals surface area contributed by atoms with Crippen LogP contribution in [0.2, 0.25) is 12.6 Å². The molecule has 11 heavy (non-hydrogen) atoms. The molecule has 3 nitrogen and oxygen atoms in total. The summed E-state index contributed by atoms with van der Waals surface area (Å²) in [6, 6.07) is 1.01. The molecule has 0 aliphatic heterocycles. The van der Waals surface area contributed by atoms with Crippen molar-refractivity contribution < 1.29 is 4.80 Å². The molecule has 0 saturated carbocycles. The fraction of sp³-hybridized carbons (Fsp3) is 1.00. The molecule has 0 spiro atoms. The van der Waals surface area contributed by atoms with E-state index < -0.39 is 9.04 Å². The van der Waals surface area contributed by atoms with Crippen molar-refractivity contribution in [3.05, 3.63) is 0 Å². The molecule has 0 aliphatic rings. The van der Waals surface area contributed by atoms with Crippen LogP contribution in [0.3, 0.4) is 0 Å². The van der Waals surface area contributed by atoms with E-state index in [-0.39, 0.29) is 51.4 Å². The number of rotatable bonds is 6. The van der Waals surface area contributed by atoms with E-state index in [4.69, 9.17) is 10.5 Å². The first-order chi connectivity index (χ1) is 4.77. The van der Waals surface area contributed by atoms with Crippen molar-refractivity contribution >= 4 is 60.4 Å². The topological polar surface area (TPSA) is 58.3 Å². The standard InChI is InChI=1S/C6H18N2OSi.K/c1-10(9)6-2-4-8-5-3-7;/h8-10H,2-7H2,1H3;. The van der Waals surface area contributed by atoms with Crippen LogP contribution in [0.25, 0.3) is 0 Å². The van der Waals surface area contributed by atoms with Crippen molar-refractivity contribution in [3.63, 3.8) is 0 Å². The Hall–Kier alpha value is 1.73. The second kappa shape index (κ2) is 11.7. The summed E-state index contributed by atoms with van der Waals surface area (Å²) in [4.78, 5) is 9.00. The maximum Gasteiger partial charge on any atom is 0.169 e. The average Bonchev–Trinajstić information content (AvgIpc) is 1.87. The van der Waals surface area contributed by atoms with Crippen LogP contribution >= 0.6 is 0 Å². The molecule has 1 unspecified atom stereocenters. The third-order valence-electron chi connectivity index (χ3n) is 1.30. The maximum atomic E-state index is 9.00. The van der Waals surface area contributed by atoms with E-state index >= 15 is 0 Å². The van der Waals surface area contributed by atoms with E-state index in [0.29, 0.717) is 6.54 Å². The molecule has 0 saturated heterocycles. The second-order valence-corrected chi connectivity index (χ2v) is 4.81. The molecule has 0 rings (SSSR count). The van der Waals surface area contributed by atoms with Crippen LogP contribution in [-0.4, -0.2) is 84.9 Å². The van der Waals surface area contributed by atoms with Gasteiger partial charge in [0, 0.05) is 64.5 Å². The van der Waals surface area contributed by atoms with Crippen LogP contribution in [0.4, 0.5) is 0 Å². The second-order valence-electron chi connectivity index (χ2n) is 2.53. The summed E-state index contributed by atoms with van der Waals surface area (Å²) < 4.78 is 0. The van der Waals surface area contributed by atoms with Gasteiger partial charge in [0.05, 0.1) is 0 Å². The summed E-state index contributed by atoms with van der Waals surface area (Å²) in [6.07, 6.45) is 1.09. The number of hydrogen-bond donors (Lipinski definition) is 3. The van der Waals surface area contributed by atoms with E-state index in [9.17, 15) is 0 Å². The molecule has 0 amide bonds. The van der Waals surface area contributed by atoms with Crippen molar-refractivity contribution in [2.45, 2.75) is 19.0 Å². The van der Waals surface area contributed by atoms with Gasteiger partial charge in [0.2, 0.25) is 0 Å². The first-order valence-electron chi connectivity index (χ1n) is 3.86. The summed E-state index contributed by atoms with van der Waals surface area (Å²) in [7, 11) is -1.29. The molecule has 0 aliphatic carbocycles. The molecule has 1 radical (unpaired) electrons. The van der Waals surface area contributed by atoms with Gasteiger partial charge in [-0.2, -0.15) is 0 Å². The average molecular weight is 201 g/mol. The molecule has 0 aromatic carbocycles. The van der Waals surface area contributed by atoms with Gasteiger partial charge in [0.15, 0.2) is 9.04 Å². The summed E-state index contributed by atoms with van der Waals surface area (Å²) in [5.41, 5.74) is 5.27. The minimum Gasteiger partial charge on any atom is -0.435 e. The molecule has 0 aromatic heterocycles. The van der Waals surface area contributed by atoms with E-state index in [1.807, 2.05) is 6.55 Å². The van der Waals surface area contributed by atoms with Crippen LogP contribution in [-0.2, 0) is 0 Å². The first kappa shape index (κ1) is 15.2. The fourth-order valence-electron chi connectivity index (χ4n) is 0.750. The third-order valence-corrected chi connectivity index (χ3v) is 2.54. The Bertz CT molecular complexity index is 75.6. The predicted octanol–water partition coefficient (Wildman–Crippen LogP) is -1.11. The molecule has 63 valence electrons. The van der Waals surface area contributed by atoms with Crippen molar-refractivity contribution in [3.8, 4) is 0 Å². The minimum atomic E-state index is -1.29. The van der Waals surface area contributed by atoms with Crippen LogP contribution in [0.5, 0.6) is 0 Å². The SMILES string of the molecule is C[SiH](O)CCCNCCN.[K]. The molecule has 1 atom stereocenters. The van der Waals surface area contributed by atoms with Gasteiger partial charge in [0.25, 0.3) is 0 Å². The van der Waals surface area contributed by atoms with Gasteiger partial charge < -0.3 is 15.8 Å². The van der Waals surface area contributed by atoms with Crippen LogP contribution < -0.4 is 11.1 Å². The van der Waals surface area contributed by atoms with Crippen molar-refractivity contribution in [1.29, 1.82) is 0 Å². The van der Waals surface area contributed by atoms with Crippen LogP contribution in [0.15, 0.2) is 0 Å². The predicted molar refractivity (Wildman–Crippen MR) is 52.3 cm³/mol. The van der Waals surface area contributed by atoms with Crippen molar-refractivity contribution in [2.24, 2.45) is 5.73 Å². The maximum absolute atomic E-state index is 9.00. The Kier molecular flexibility index (Phi) is 16.2. The smallest absolute Gasteiger partial charge is 0.169 e. The zero-order valence-corrected chi connectivity index (χ0v) is 11.9. The monoisotopic (exact) mass is 201 g/mol. The number of nitrogens with two attached hydrogens (primary N) is 1. The van der Waals surface area contributed by atoms with E-state index in [1.165, 1.54) is 0 Å². The number of hydrogen-bond acceptors (Lipinski definition) is 3. The quantitative estimate of drug-likeness (QED) is 0.377. The normalized spacial score (nSPS) is 12.3. The van der Waals surface area contributed by atoms with Gasteiger partial charge in [-0.1, -0.05) is 0 Å². The molecule has 0 aromatic rings. The summed E-state index contributed by atoms with van der Waals surface area (Å²) in [5.74, 6) is 0. The Balaban J connectivity index is 0. The number of nitrogens with one attached hydrogen (secondary N) is 1. The van der Waals surface area contributed by atoms with Gasteiger partial charge in [-0.05, 0) is 25.6 Å². The van der Waals surface area contributed by atoms with Gasteiger partial charge in [0.1, 0.15) is 0 Å². The first-order valence-corrected chi connectivity index (χ1v) is 6.35. The van der Waals surface area contributed by atoms with Crippen molar-refractivity contribution in [2.75, 3.05) is 19.6 Å². The molecular formula is C6H18KN2OSi. The zero-order chi connectivity index (χ0) is 7.82. The molecule has 0 fully saturated rings. The third kappa shape index (κ3) is 14.6. The van der Waals surface area contributed by atoms with Crippen molar-refractivity contribution in [1.82, 2.24) is 5.32 Å². The van der Waals surface area contributed by atoms with Gasteiger partial charge in [-0.3, -0.25) is 0 Å². The van der Waals surface area contributed by atoms with E-state index in [2.05, 4.69) is 5.32 Å². The van der Waals surface area contributed by atoms with Gasteiger partial charge in [-0.25, -0.2) is 0 Å². The Morgan fingerprint density at radius 1 is 1.45 bits per heavy atom. The molecule has 0 heterocycles. The molecule has 4 N–H and O–H groups in total. The Morgan fingerprint density at radius 2 is 2.09 bits per heavy atom. The largest absolute Gasteiger partial charge is 0.435 e. The zero-order valence-electron chi connectivity index (χ0n) is 7.64.